The first-order valence-corrected chi connectivity index (χ1v) is 11.0. The van der Waals surface area contributed by atoms with Crippen LogP contribution >= 0.6 is 0 Å². The summed E-state index contributed by atoms with van der Waals surface area (Å²) in [7, 11) is -1.45. The average Bonchev–Trinajstić information content (AvgIpc) is 3.16. The van der Waals surface area contributed by atoms with Gasteiger partial charge in [0.25, 0.3) is 0 Å². The van der Waals surface area contributed by atoms with Gasteiger partial charge >= 0.3 is 0 Å². The number of aromatic nitrogens is 2. The Kier molecular flexibility index (Phi) is 4.89. The maximum Gasteiger partial charge on any atom is 0.243 e. The monoisotopic (exact) mass is 398 g/mol. The van der Waals surface area contributed by atoms with Crippen LogP contribution < -0.4 is 4.90 Å². The van der Waals surface area contributed by atoms with E-state index >= 15 is 0 Å². The molecule has 0 saturated carbocycles. The van der Waals surface area contributed by atoms with Crippen molar-refractivity contribution in [3.8, 4) is 0 Å². The fourth-order valence-electron chi connectivity index (χ4n) is 4.10. The Balaban J connectivity index is 1.64. The van der Waals surface area contributed by atoms with Crippen LogP contribution in [0.25, 0.3) is 11.0 Å². The lowest BCUT2D eigenvalue weighted by Crippen LogP contribution is -2.52. The number of piperidine rings is 1. The van der Waals surface area contributed by atoms with Gasteiger partial charge in [-0.05, 0) is 49.1 Å². The second kappa shape index (κ2) is 7.22. The molecule has 0 radical (unpaired) electrons. The number of aromatic amines is 1. The Hall–Kier alpha value is -2.38. The minimum atomic E-state index is -3.50. The second-order valence-electron chi connectivity index (χ2n) is 7.69. The van der Waals surface area contributed by atoms with Gasteiger partial charge in [-0.15, -0.1) is 0 Å². The molecule has 28 heavy (non-hydrogen) atoms. The van der Waals surface area contributed by atoms with Crippen LogP contribution in [0.5, 0.6) is 0 Å². The average molecular weight is 399 g/mol. The minimum absolute atomic E-state index is 0.0915. The molecule has 0 spiro atoms. The summed E-state index contributed by atoms with van der Waals surface area (Å²) in [4.78, 5) is 10.1. The molecule has 2 aromatic heterocycles. The first-order valence-electron chi connectivity index (χ1n) is 9.59. The highest BCUT2D eigenvalue weighted by Crippen LogP contribution is 2.32. The number of nitrogens with one attached hydrogen (secondary N) is 1. The maximum absolute atomic E-state index is 13.2. The highest BCUT2D eigenvalue weighted by atomic mass is 32.2. The number of aryl methyl sites for hydroxylation is 1. The summed E-state index contributed by atoms with van der Waals surface area (Å²) in [6, 6.07) is 11.3. The van der Waals surface area contributed by atoms with Crippen molar-refractivity contribution in [3.05, 3.63) is 54.4 Å². The summed E-state index contributed by atoms with van der Waals surface area (Å²) >= 11 is 0. The van der Waals surface area contributed by atoms with Crippen LogP contribution in [0.2, 0.25) is 0 Å². The zero-order valence-electron chi connectivity index (χ0n) is 16.5. The van der Waals surface area contributed by atoms with Crippen molar-refractivity contribution in [1.82, 2.24) is 14.3 Å². The van der Waals surface area contributed by atoms with Crippen LogP contribution in [0.3, 0.4) is 0 Å². The standard InChI is InChI=1S/C21H26N4O2S/c1-15-5-4-6-17(13-15)28(26,27)25-12-9-16(2)20(14-25)24(3)19-8-11-23-21-18(19)7-10-22-21/h4-8,10-11,13,16,20H,9,12,14H2,1-3H3,(H,22,23)/t16-,20+/m1/s1. The number of H-pyrrole nitrogens is 1. The first kappa shape index (κ1) is 19.0. The van der Waals surface area contributed by atoms with Gasteiger partial charge < -0.3 is 9.88 Å². The number of sulfonamides is 1. The van der Waals surface area contributed by atoms with E-state index in [4.69, 9.17) is 0 Å². The molecule has 0 aliphatic carbocycles. The van der Waals surface area contributed by atoms with E-state index in [1.807, 2.05) is 38.4 Å². The Morgan fingerprint density at radius 3 is 2.86 bits per heavy atom. The number of hydrogen-bond donors (Lipinski definition) is 1. The molecular formula is C21H26N4O2S. The van der Waals surface area contributed by atoms with Crippen molar-refractivity contribution >= 4 is 26.7 Å². The molecule has 0 amide bonds. The lowest BCUT2D eigenvalue weighted by atomic mass is 9.93. The maximum atomic E-state index is 13.2. The summed E-state index contributed by atoms with van der Waals surface area (Å²) in [5.41, 5.74) is 2.86. The van der Waals surface area contributed by atoms with Crippen molar-refractivity contribution < 1.29 is 8.42 Å². The predicted molar refractivity (Wildman–Crippen MR) is 112 cm³/mol. The summed E-state index contributed by atoms with van der Waals surface area (Å²) in [6.45, 7) is 5.15. The number of fused-ring (bicyclic) bond motifs is 1. The van der Waals surface area contributed by atoms with Gasteiger partial charge in [0.05, 0.1) is 4.90 Å². The van der Waals surface area contributed by atoms with E-state index < -0.39 is 10.0 Å². The minimum Gasteiger partial charge on any atom is -0.369 e. The van der Waals surface area contributed by atoms with Gasteiger partial charge in [-0.25, -0.2) is 13.4 Å². The van der Waals surface area contributed by atoms with Crippen LogP contribution in [0, 0.1) is 12.8 Å². The molecule has 3 heterocycles. The van der Waals surface area contributed by atoms with Crippen LogP contribution in [-0.4, -0.2) is 48.9 Å². The van der Waals surface area contributed by atoms with E-state index in [9.17, 15) is 8.42 Å². The number of rotatable bonds is 4. The summed E-state index contributed by atoms with van der Waals surface area (Å²) in [6.07, 6.45) is 4.51. The molecular weight excluding hydrogens is 372 g/mol. The molecule has 1 aliphatic rings. The van der Waals surface area contributed by atoms with E-state index in [0.717, 1.165) is 28.7 Å². The van der Waals surface area contributed by atoms with Gasteiger partial charge in [0.2, 0.25) is 10.0 Å². The van der Waals surface area contributed by atoms with Gasteiger partial charge in [0.1, 0.15) is 5.65 Å². The molecule has 1 aliphatic heterocycles. The molecule has 1 saturated heterocycles. The summed E-state index contributed by atoms with van der Waals surface area (Å²) < 4.78 is 28.1. The molecule has 0 unspecified atom stereocenters. The van der Waals surface area contributed by atoms with Crippen LogP contribution in [0.15, 0.2) is 53.7 Å². The largest absolute Gasteiger partial charge is 0.369 e. The van der Waals surface area contributed by atoms with Crippen molar-refractivity contribution in [3.63, 3.8) is 0 Å². The molecule has 0 bridgehead atoms. The predicted octanol–water partition coefficient (Wildman–Crippen LogP) is 3.41. The third-order valence-electron chi connectivity index (χ3n) is 5.82. The van der Waals surface area contributed by atoms with Gasteiger partial charge in [0, 0.05) is 49.6 Å². The zero-order valence-corrected chi connectivity index (χ0v) is 17.3. The molecule has 7 heteroatoms. The van der Waals surface area contributed by atoms with Crippen molar-refractivity contribution in [1.29, 1.82) is 0 Å². The number of nitrogens with zero attached hydrogens (tertiary/aromatic N) is 3. The van der Waals surface area contributed by atoms with E-state index in [1.54, 1.807) is 28.7 Å². The van der Waals surface area contributed by atoms with Crippen LogP contribution in [0.4, 0.5) is 5.69 Å². The fourth-order valence-corrected chi connectivity index (χ4v) is 5.68. The smallest absolute Gasteiger partial charge is 0.243 e. The Labute approximate surface area is 166 Å². The lowest BCUT2D eigenvalue weighted by molar-refractivity contribution is 0.248. The SMILES string of the molecule is Cc1cccc(S(=O)(=O)N2CC[C@@H](C)[C@@H](N(C)c3ccnc4[nH]ccc34)C2)c1. The van der Waals surface area contributed by atoms with Crippen molar-refractivity contribution in [2.24, 2.45) is 5.92 Å². The van der Waals surface area contributed by atoms with Crippen LogP contribution in [0.1, 0.15) is 18.9 Å². The van der Waals surface area contributed by atoms with E-state index in [2.05, 4.69) is 21.8 Å². The van der Waals surface area contributed by atoms with Crippen molar-refractivity contribution in [2.75, 3.05) is 25.0 Å². The van der Waals surface area contributed by atoms with Gasteiger partial charge in [-0.2, -0.15) is 4.31 Å². The van der Waals surface area contributed by atoms with Gasteiger partial charge in [0.15, 0.2) is 0 Å². The number of pyridine rings is 1. The van der Waals surface area contributed by atoms with Crippen molar-refractivity contribution in [2.45, 2.75) is 31.2 Å². The highest BCUT2D eigenvalue weighted by molar-refractivity contribution is 7.89. The third kappa shape index (κ3) is 3.29. The number of anilines is 1. The number of hydrogen-bond acceptors (Lipinski definition) is 4. The number of benzene rings is 1. The Morgan fingerprint density at radius 1 is 1.25 bits per heavy atom. The molecule has 2 atom stereocenters. The highest BCUT2D eigenvalue weighted by Gasteiger charge is 2.36. The van der Waals surface area contributed by atoms with Gasteiger partial charge in [-0.1, -0.05) is 19.1 Å². The molecule has 6 nitrogen and oxygen atoms in total. The van der Waals surface area contributed by atoms with E-state index in [0.29, 0.717) is 23.9 Å². The molecule has 3 aromatic rings. The van der Waals surface area contributed by atoms with E-state index in [1.165, 1.54) is 0 Å². The topological polar surface area (TPSA) is 69.3 Å². The second-order valence-corrected chi connectivity index (χ2v) is 9.63. The van der Waals surface area contributed by atoms with Crippen LogP contribution in [-0.2, 0) is 10.0 Å². The molecule has 4 rings (SSSR count). The molecule has 1 fully saturated rings. The zero-order chi connectivity index (χ0) is 19.9. The summed E-state index contributed by atoms with van der Waals surface area (Å²) in [5.74, 6) is 0.385. The Morgan fingerprint density at radius 2 is 2.07 bits per heavy atom. The van der Waals surface area contributed by atoms with Gasteiger partial charge in [-0.3, -0.25) is 0 Å². The molecule has 148 valence electrons. The normalized spacial score (nSPS) is 21.1. The fraction of sp³-hybridized carbons (Fsp3) is 0.381. The summed E-state index contributed by atoms with van der Waals surface area (Å²) in [5, 5.41) is 1.05. The quantitative estimate of drug-likeness (QED) is 0.731. The number of likely N-dealkylation sites (N-methyl/N-ethyl adjacent to an activating group) is 1. The third-order valence-corrected chi connectivity index (χ3v) is 7.68. The lowest BCUT2D eigenvalue weighted by Gasteiger charge is -2.42. The Bertz CT molecular complexity index is 1090. The first-order chi connectivity index (χ1) is 13.4. The molecule has 1 N–H and O–H groups in total. The van der Waals surface area contributed by atoms with E-state index in [-0.39, 0.29) is 6.04 Å². The molecule has 1 aromatic carbocycles.